The van der Waals surface area contributed by atoms with Gasteiger partial charge in [0.25, 0.3) is 0 Å². The first-order valence-corrected chi connectivity index (χ1v) is 13.0. The molecule has 0 aliphatic carbocycles. The van der Waals surface area contributed by atoms with Gasteiger partial charge in [-0.2, -0.15) is 0 Å². The zero-order valence-electron chi connectivity index (χ0n) is 20.2. The van der Waals surface area contributed by atoms with E-state index in [-0.39, 0.29) is 17.0 Å². The molecule has 1 fully saturated rings. The van der Waals surface area contributed by atoms with Crippen LogP contribution in [-0.4, -0.2) is 51.9 Å². The number of nitrogens with zero attached hydrogens (tertiary/aromatic N) is 3. The molecule has 2 N–H and O–H groups in total. The Hall–Kier alpha value is -3.47. The van der Waals surface area contributed by atoms with Crippen molar-refractivity contribution in [2.45, 2.75) is 36.7 Å². The molecule has 1 aliphatic rings. The lowest BCUT2D eigenvalue weighted by Gasteiger charge is -2.34. The van der Waals surface area contributed by atoms with E-state index in [4.69, 9.17) is 0 Å². The lowest BCUT2D eigenvalue weighted by molar-refractivity contribution is -0.142. The van der Waals surface area contributed by atoms with E-state index >= 15 is 0 Å². The molecule has 0 bridgehead atoms. The van der Waals surface area contributed by atoms with E-state index in [1.54, 1.807) is 23.7 Å². The second kappa shape index (κ2) is 11.7. The summed E-state index contributed by atoms with van der Waals surface area (Å²) < 4.78 is 43.6. The van der Waals surface area contributed by atoms with Crippen molar-refractivity contribution in [1.82, 2.24) is 14.9 Å². The van der Waals surface area contributed by atoms with Gasteiger partial charge in [-0.05, 0) is 24.7 Å². The third-order valence-electron chi connectivity index (χ3n) is 6.43. The average Bonchev–Trinajstić information content (AvgIpc) is 3.34. The summed E-state index contributed by atoms with van der Waals surface area (Å²) in [5.74, 6) is -6.00. The Morgan fingerprint density at radius 1 is 1.16 bits per heavy atom. The van der Waals surface area contributed by atoms with E-state index in [1.165, 1.54) is 0 Å². The van der Waals surface area contributed by atoms with Crippen LogP contribution in [0, 0.1) is 23.4 Å². The number of aliphatic carboxylic acids is 1. The number of nitrogens with one attached hydrogen (secondary N) is 1. The summed E-state index contributed by atoms with van der Waals surface area (Å²) in [5, 5.41) is 12.3. The van der Waals surface area contributed by atoms with Crippen molar-refractivity contribution in [2.24, 2.45) is 5.92 Å². The maximum atomic E-state index is 14.2. The maximum absolute atomic E-state index is 14.2. The van der Waals surface area contributed by atoms with Crippen molar-refractivity contribution in [3.05, 3.63) is 77.6 Å². The second-order valence-electron chi connectivity index (χ2n) is 8.93. The summed E-state index contributed by atoms with van der Waals surface area (Å²) in [7, 11) is 0. The Balaban J connectivity index is 1.35. The van der Waals surface area contributed by atoms with Gasteiger partial charge in [0.2, 0.25) is 5.91 Å². The minimum absolute atomic E-state index is 0.0134. The minimum atomic E-state index is -1.51. The monoisotopic (exact) mass is 532 g/mol. The molecule has 0 spiro atoms. The van der Waals surface area contributed by atoms with Gasteiger partial charge in [-0.1, -0.05) is 30.3 Å². The van der Waals surface area contributed by atoms with Crippen LogP contribution in [0.1, 0.15) is 24.1 Å². The smallest absolute Gasteiger partial charge is 0.326 e. The molecule has 2 aromatic carbocycles. The topological polar surface area (TPSA) is 87.5 Å². The number of benzene rings is 2. The molecule has 11 heteroatoms. The van der Waals surface area contributed by atoms with Crippen LogP contribution in [0.3, 0.4) is 0 Å². The highest BCUT2D eigenvalue weighted by atomic mass is 32.2. The predicted octanol–water partition coefficient (Wildman–Crippen LogP) is 4.10. The molecule has 1 unspecified atom stereocenters. The van der Waals surface area contributed by atoms with Crippen LogP contribution in [0.5, 0.6) is 0 Å². The lowest BCUT2D eigenvalue weighted by Crippen LogP contribution is -2.47. The molecular formula is C26H27F3N4O3S. The number of hydrogen-bond acceptors (Lipinski definition) is 5. The van der Waals surface area contributed by atoms with Crippen LogP contribution in [0.2, 0.25) is 0 Å². The summed E-state index contributed by atoms with van der Waals surface area (Å²) in [5.41, 5.74) is 1.87. The highest BCUT2D eigenvalue weighted by Crippen LogP contribution is 2.36. The zero-order valence-corrected chi connectivity index (χ0v) is 21.0. The number of halogens is 3. The maximum Gasteiger partial charge on any atom is 0.326 e. The number of rotatable bonds is 9. The third-order valence-corrected chi connectivity index (χ3v) is 7.23. The largest absolute Gasteiger partial charge is 0.480 e. The molecule has 0 saturated carbocycles. The molecule has 1 saturated heterocycles. The van der Waals surface area contributed by atoms with E-state index in [0.717, 1.165) is 23.4 Å². The standard InChI is InChI=1S/C26H27F3N4O3S/c1-37-24-21(12-19(27)22(28)23(24)29)33-9-7-17(8-10-33)25(34)31-20(26(35)36)11-18-14-32(15-30-18)13-16-5-3-2-4-6-16/h2-6,12,14-15,17,20H,7-11,13H2,1H3,(H,31,34)(H,35,36). The van der Waals surface area contributed by atoms with Crippen molar-refractivity contribution in [2.75, 3.05) is 24.2 Å². The van der Waals surface area contributed by atoms with Crippen LogP contribution in [0.4, 0.5) is 18.9 Å². The summed E-state index contributed by atoms with van der Waals surface area (Å²) in [6.45, 7) is 1.23. The predicted molar refractivity (Wildman–Crippen MR) is 134 cm³/mol. The van der Waals surface area contributed by atoms with E-state index < -0.39 is 41.3 Å². The fourth-order valence-corrected chi connectivity index (χ4v) is 5.13. The summed E-state index contributed by atoms with van der Waals surface area (Å²) >= 11 is 0.985. The summed E-state index contributed by atoms with van der Waals surface area (Å²) in [6, 6.07) is 9.59. The van der Waals surface area contributed by atoms with E-state index in [1.807, 2.05) is 34.9 Å². The van der Waals surface area contributed by atoms with Gasteiger partial charge in [0, 0.05) is 44.2 Å². The number of thioether (sulfide) groups is 1. The first-order chi connectivity index (χ1) is 17.8. The summed E-state index contributed by atoms with van der Waals surface area (Å²) in [6.07, 6.45) is 5.72. The molecule has 2 heterocycles. The number of carbonyl (C=O) groups is 2. The van der Waals surface area contributed by atoms with Crippen LogP contribution in [0.15, 0.2) is 53.8 Å². The molecule has 196 valence electrons. The van der Waals surface area contributed by atoms with Crippen molar-refractivity contribution in [3.63, 3.8) is 0 Å². The normalized spacial score (nSPS) is 15.0. The van der Waals surface area contributed by atoms with Gasteiger partial charge in [0.05, 0.1) is 22.6 Å². The van der Waals surface area contributed by atoms with E-state index in [0.29, 0.717) is 38.2 Å². The van der Waals surface area contributed by atoms with Crippen molar-refractivity contribution in [3.8, 4) is 0 Å². The first-order valence-electron chi connectivity index (χ1n) is 11.8. The number of carboxylic acid groups (broad SMARTS) is 1. The Bertz CT molecular complexity index is 1260. The second-order valence-corrected chi connectivity index (χ2v) is 9.74. The fraction of sp³-hybridized carbons (Fsp3) is 0.346. The van der Waals surface area contributed by atoms with Crippen LogP contribution >= 0.6 is 11.8 Å². The summed E-state index contributed by atoms with van der Waals surface area (Å²) in [4.78, 5) is 30.8. The average molecular weight is 533 g/mol. The van der Waals surface area contributed by atoms with E-state index in [2.05, 4.69) is 10.3 Å². The Labute approximate surface area is 216 Å². The SMILES string of the molecule is CSc1c(N2CCC(C(=O)NC(Cc3cn(Cc4ccccc4)cn3)C(=O)O)CC2)cc(F)c(F)c1F. The van der Waals surface area contributed by atoms with E-state index in [9.17, 15) is 27.9 Å². The lowest BCUT2D eigenvalue weighted by atomic mass is 9.95. The minimum Gasteiger partial charge on any atom is -0.480 e. The quantitative estimate of drug-likeness (QED) is 0.319. The number of imidazole rings is 1. The van der Waals surface area contributed by atoms with Gasteiger partial charge in [0.15, 0.2) is 17.5 Å². The Morgan fingerprint density at radius 3 is 2.51 bits per heavy atom. The third kappa shape index (κ3) is 6.27. The van der Waals surface area contributed by atoms with Gasteiger partial charge < -0.3 is 19.9 Å². The van der Waals surface area contributed by atoms with Gasteiger partial charge in [0.1, 0.15) is 6.04 Å². The fourth-order valence-electron chi connectivity index (χ4n) is 4.47. The van der Waals surface area contributed by atoms with Crippen LogP contribution in [-0.2, 0) is 22.6 Å². The molecule has 7 nitrogen and oxygen atoms in total. The highest BCUT2D eigenvalue weighted by molar-refractivity contribution is 7.98. The van der Waals surface area contributed by atoms with Crippen molar-refractivity contribution >= 4 is 29.3 Å². The number of hydrogen-bond donors (Lipinski definition) is 2. The highest BCUT2D eigenvalue weighted by Gasteiger charge is 2.31. The van der Waals surface area contributed by atoms with Gasteiger partial charge in [-0.15, -0.1) is 11.8 Å². The number of piperidine rings is 1. The van der Waals surface area contributed by atoms with Crippen molar-refractivity contribution < 1.29 is 27.9 Å². The molecule has 37 heavy (non-hydrogen) atoms. The number of anilines is 1. The number of carboxylic acids is 1. The molecule has 1 amide bonds. The van der Waals surface area contributed by atoms with Gasteiger partial charge >= 0.3 is 5.97 Å². The number of carbonyl (C=O) groups excluding carboxylic acids is 1. The molecule has 3 aromatic rings. The zero-order chi connectivity index (χ0) is 26.5. The Kier molecular flexibility index (Phi) is 8.42. The first kappa shape index (κ1) is 26.6. The molecule has 1 aliphatic heterocycles. The molecule has 1 aromatic heterocycles. The van der Waals surface area contributed by atoms with Gasteiger partial charge in [-0.25, -0.2) is 22.9 Å². The Morgan fingerprint density at radius 2 is 1.86 bits per heavy atom. The number of amides is 1. The molecule has 1 atom stereocenters. The van der Waals surface area contributed by atoms with Crippen LogP contribution in [0.25, 0.3) is 0 Å². The molecule has 4 rings (SSSR count). The molecular weight excluding hydrogens is 505 g/mol. The van der Waals surface area contributed by atoms with Gasteiger partial charge in [-0.3, -0.25) is 4.79 Å². The molecule has 0 radical (unpaired) electrons. The van der Waals surface area contributed by atoms with Crippen LogP contribution < -0.4 is 10.2 Å². The van der Waals surface area contributed by atoms with Crippen molar-refractivity contribution in [1.29, 1.82) is 0 Å². The number of aromatic nitrogens is 2.